The van der Waals surface area contributed by atoms with Crippen molar-refractivity contribution in [1.29, 1.82) is 0 Å². The first-order valence-electron chi connectivity index (χ1n) is 21.6. The third-order valence-corrected chi connectivity index (χ3v) is 12.9. The number of fused-ring (bicyclic) bond motifs is 12. The number of nitrogens with zero attached hydrogens (tertiary/aromatic N) is 4. The summed E-state index contributed by atoms with van der Waals surface area (Å²) in [6.45, 7) is 0. The van der Waals surface area contributed by atoms with Gasteiger partial charge >= 0.3 is 0 Å². The lowest BCUT2D eigenvalue weighted by molar-refractivity contribution is 0.668. The molecule has 14 aromatic rings. The Hall–Kier alpha value is -8.74. The molecule has 0 fully saturated rings. The Morgan fingerprint density at radius 3 is 1.52 bits per heavy atom. The van der Waals surface area contributed by atoms with E-state index in [1.807, 2.05) is 42.5 Å². The topological polar surface area (TPSA) is 61.9 Å². The molecule has 0 aliphatic heterocycles. The van der Waals surface area contributed by atoms with Gasteiger partial charge in [0, 0.05) is 60.2 Å². The summed E-state index contributed by atoms with van der Waals surface area (Å²) in [6, 6.07) is 72.4. The minimum absolute atomic E-state index is 0.622. The molecular formula is C58H34N4O2. The highest BCUT2D eigenvalue weighted by Crippen LogP contribution is 2.45. The van der Waals surface area contributed by atoms with E-state index in [4.69, 9.17) is 18.8 Å². The normalized spacial score (nSPS) is 12.1. The lowest BCUT2D eigenvalue weighted by Crippen LogP contribution is -2.00. The van der Waals surface area contributed by atoms with E-state index < -0.39 is 0 Å². The zero-order chi connectivity index (χ0) is 41.9. The van der Waals surface area contributed by atoms with Crippen molar-refractivity contribution in [3.8, 4) is 45.1 Å². The van der Waals surface area contributed by atoms with Crippen LogP contribution >= 0.6 is 0 Å². The first-order valence-corrected chi connectivity index (χ1v) is 21.6. The number of hydrogen-bond acceptors (Lipinski definition) is 4. The molecule has 0 saturated heterocycles. The Morgan fingerprint density at radius 2 is 0.844 bits per heavy atom. The molecular weight excluding hydrogens is 785 g/mol. The summed E-state index contributed by atoms with van der Waals surface area (Å²) in [6.07, 6.45) is 0. The summed E-state index contributed by atoms with van der Waals surface area (Å²) in [7, 11) is 0. The van der Waals surface area contributed by atoms with Crippen molar-refractivity contribution in [2.75, 3.05) is 0 Å². The molecule has 298 valence electrons. The van der Waals surface area contributed by atoms with E-state index in [1.165, 1.54) is 21.8 Å². The fourth-order valence-electron chi connectivity index (χ4n) is 10.2. The van der Waals surface area contributed by atoms with Crippen LogP contribution in [0.3, 0.4) is 0 Å². The average Bonchev–Trinajstić information content (AvgIpc) is 4.11. The van der Waals surface area contributed by atoms with Crippen LogP contribution in [0.2, 0.25) is 0 Å². The predicted molar refractivity (Wildman–Crippen MR) is 262 cm³/mol. The molecule has 0 saturated carbocycles. The minimum Gasteiger partial charge on any atom is -0.456 e. The van der Waals surface area contributed by atoms with Gasteiger partial charge in [-0.2, -0.15) is 0 Å². The summed E-state index contributed by atoms with van der Waals surface area (Å²) in [5.41, 5.74) is 15.5. The Labute approximate surface area is 365 Å². The number of benzene rings is 9. The van der Waals surface area contributed by atoms with Crippen LogP contribution in [0, 0.1) is 0 Å². The van der Waals surface area contributed by atoms with Gasteiger partial charge in [0.2, 0.25) is 0 Å². The molecule has 64 heavy (non-hydrogen) atoms. The van der Waals surface area contributed by atoms with Crippen LogP contribution in [-0.4, -0.2) is 19.1 Å². The van der Waals surface area contributed by atoms with E-state index in [0.717, 1.165) is 105 Å². The second-order valence-electron chi connectivity index (χ2n) is 16.5. The second-order valence-corrected chi connectivity index (χ2v) is 16.5. The van der Waals surface area contributed by atoms with Gasteiger partial charge in [0.25, 0.3) is 0 Å². The summed E-state index contributed by atoms with van der Waals surface area (Å²) in [5.74, 6) is 0.622. The zero-order valence-corrected chi connectivity index (χ0v) is 34.2. The summed E-state index contributed by atoms with van der Waals surface area (Å²) in [5, 5.41) is 7.53. The Morgan fingerprint density at radius 1 is 0.344 bits per heavy atom. The standard InChI is InChI=1S/C58H34N4O2/c1-3-15-37(16-4-1)61-46-24-10-7-19-39(46)44-33-35(29-31-47(44)61)36-30-32-48-45(34-36)56-57(62(48)38-17-5-2-6-18-38)55(42-22-13-27-51-53(42)40-20-8-11-25-49(40)63-51)59-58(60-56)43-23-14-28-52-54(43)41-21-9-12-26-50(41)64-52/h1-34H. The van der Waals surface area contributed by atoms with Crippen molar-refractivity contribution in [2.45, 2.75) is 0 Å². The first-order chi connectivity index (χ1) is 31.7. The van der Waals surface area contributed by atoms with Crippen LogP contribution in [0.5, 0.6) is 0 Å². The molecule has 5 aromatic heterocycles. The van der Waals surface area contributed by atoms with Gasteiger partial charge in [-0.1, -0.05) is 127 Å². The SMILES string of the molecule is c1ccc(-n2c3ccccc3c3cc(-c4ccc5c(c4)c4nc(-c6cccc7oc8ccccc8c67)nc(-c6cccc7oc8ccccc8c67)c4n5-c4ccccc4)ccc32)cc1. The highest BCUT2D eigenvalue weighted by Gasteiger charge is 2.25. The van der Waals surface area contributed by atoms with Crippen molar-refractivity contribution >= 4 is 87.6 Å². The zero-order valence-electron chi connectivity index (χ0n) is 34.2. The third-order valence-electron chi connectivity index (χ3n) is 12.9. The maximum Gasteiger partial charge on any atom is 0.161 e. The van der Waals surface area contributed by atoms with Crippen molar-refractivity contribution < 1.29 is 8.83 Å². The number of rotatable bonds is 5. The molecule has 0 bridgehead atoms. The lowest BCUT2D eigenvalue weighted by Gasteiger charge is -2.13. The summed E-state index contributed by atoms with van der Waals surface area (Å²) >= 11 is 0. The van der Waals surface area contributed by atoms with Crippen molar-refractivity contribution in [3.63, 3.8) is 0 Å². The molecule has 0 amide bonds. The lowest BCUT2D eigenvalue weighted by atomic mass is 10.00. The number of hydrogen-bond donors (Lipinski definition) is 0. The van der Waals surface area contributed by atoms with Crippen LogP contribution in [0.25, 0.3) is 133 Å². The van der Waals surface area contributed by atoms with Crippen LogP contribution in [0.15, 0.2) is 215 Å². The van der Waals surface area contributed by atoms with Crippen LogP contribution < -0.4 is 0 Å². The quantitative estimate of drug-likeness (QED) is 0.174. The monoisotopic (exact) mass is 818 g/mol. The first kappa shape index (κ1) is 34.9. The molecule has 6 nitrogen and oxygen atoms in total. The molecule has 0 radical (unpaired) electrons. The molecule has 0 aliphatic rings. The maximum absolute atomic E-state index is 6.50. The molecule has 0 atom stereocenters. The van der Waals surface area contributed by atoms with Gasteiger partial charge < -0.3 is 18.0 Å². The molecule has 0 spiro atoms. The van der Waals surface area contributed by atoms with E-state index in [2.05, 4.69) is 173 Å². The van der Waals surface area contributed by atoms with Gasteiger partial charge in [-0.3, -0.25) is 0 Å². The van der Waals surface area contributed by atoms with Crippen molar-refractivity contribution in [3.05, 3.63) is 206 Å². The number of para-hydroxylation sites is 5. The smallest absolute Gasteiger partial charge is 0.161 e. The molecule has 6 heteroatoms. The number of aromatic nitrogens is 4. The minimum atomic E-state index is 0.622. The van der Waals surface area contributed by atoms with Crippen LogP contribution in [-0.2, 0) is 0 Å². The Bertz CT molecular complexity index is 4190. The summed E-state index contributed by atoms with van der Waals surface area (Å²) < 4.78 is 17.6. The largest absolute Gasteiger partial charge is 0.456 e. The van der Waals surface area contributed by atoms with E-state index in [0.29, 0.717) is 5.82 Å². The van der Waals surface area contributed by atoms with Crippen molar-refractivity contribution in [1.82, 2.24) is 19.1 Å². The maximum atomic E-state index is 6.50. The third kappa shape index (κ3) is 5.02. The van der Waals surface area contributed by atoms with Gasteiger partial charge in [0.15, 0.2) is 5.82 Å². The molecule has 14 rings (SSSR count). The Balaban J connectivity index is 1.10. The fourth-order valence-corrected chi connectivity index (χ4v) is 10.2. The molecule has 0 unspecified atom stereocenters. The van der Waals surface area contributed by atoms with Gasteiger partial charge in [-0.15, -0.1) is 0 Å². The fraction of sp³-hybridized carbons (Fsp3) is 0. The van der Waals surface area contributed by atoms with E-state index in [1.54, 1.807) is 0 Å². The average molecular weight is 819 g/mol. The van der Waals surface area contributed by atoms with Gasteiger partial charge in [0.1, 0.15) is 27.8 Å². The molecule has 0 N–H and O–H groups in total. The second kappa shape index (κ2) is 13.4. The van der Waals surface area contributed by atoms with Crippen molar-refractivity contribution in [2.24, 2.45) is 0 Å². The van der Waals surface area contributed by atoms with E-state index in [9.17, 15) is 0 Å². The van der Waals surface area contributed by atoms with Gasteiger partial charge in [-0.25, -0.2) is 9.97 Å². The number of furan rings is 2. The van der Waals surface area contributed by atoms with Crippen LogP contribution in [0.4, 0.5) is 0 Å². The molecule has 0 aliphatic carbocycles. The highest BCUT2D eigenvalue weighted by molar-refractivity contribution is 6.19. The molecule has 5 heterocycles. The van der Waals surface area contributed by atoms with Gasteiger partial charge in [0.05, 0.1) is 27.8 Å². The van der Waals surface area contributed by atoms with Crippen LogP contribution in [0.1, 0.15) is 0 Å². The Kier molecular flexibility index (Phi) is 7.30. The van der Waals surface area contributed by atoms with E-state index in [-0.39, 0.29) is 0 Å². The van der Waals surface area contributed by atoms with Gasteiger partial charge in [-0.05, 0) is 90.0 Å². The summed E-state index contributed by atoms with van der Waals surface area (Å²) in [4.78, 5) is 11.3. The molecule has 9 aromatic carbocycles. The highest BCUT2D eigenvalue weighted by atomic mass is 16.3. The predicted octanol–water partition coefficient (Wildman–Crippen LogP) is 15.5. The van der Waals surface area contributed by atoms with E-state index >= 15 is 0 Å².